The molecule has 0 saturated carbocycles. The van der Waals surface area contributed by atoms with Gasteiger partial charge in [-0.1, -0.05) is 80.4 Å². The highest BCUT2D eigenvalue weighted by Crippen LogP contribution is 2.27. The third-order valence-corrected chi connectivity index (χ3v) is 6.65. The van der Waals surface area contributed by atoms with Crippen LogP contribution < -0.4 is 10.6 Å². The van der Waals surface area contributed by atoms with Crippen LogP contribution in [-0.2, 0) is 14.3 Å². The van der Waals surface area contributed by atoms with Crippen molar-refractivity contribution in [2.45, 2.75) is 65.6 Å². The fraction of sp³-hybridized carbons (Fsp3) is 0.375. The second kappa shape index (κ2) is 13.1. The minimum absolute atomic E-state index is 0.288. The number of ether oxygens (including phenoxy) is 1. The van der Waals surface area contributed by atoms with E-state index in [-0.39, 0.29) is 12.5 Å². The van der Waals surface area contributed by atoms with E-state index in [9.17, 15) is 19.6 Å². The Morgan fingerprint density at radius 2 is 1.65 bits per heavy atom. The number of nitriles is 1. The lowest BCUT2D eigenvalue weighted by molar-refractivity contribution is -0.141. The Morgan fingerprint density at radius 1 is 1.00 bits per heavy atom. The lowest BCUT2D eigenvalue weighted by Crippen LogP contribution is -2.54. The van der Waals surface area contributed by atoms with Crippen LogP contribution in [0.25, 0.3) is 10.8 Å². The number of hydrogen-bond acceptors (Lipinski definition) is 5. The van der Waals surface area contributed by atoms with Crippen molar-refractivity contribution in [3.63, 3.8) is 0 Å². The van der Waals surface area contributed by atoms with Crippen LogP contribution in [0, 0.1) is 24.2 Å². The molecule has 0 radical (unpaired) electrons. The van der Waals surface area contributed by atoms with E-state index >= 15 is 0 Å². The summed E-state index contributed by atoms with van der Waals surface area (Å²) >= 11 is 0. The van der Waals surface area contributed by atoms with Gasteiger partial charge in [0, 0.05) is 5.69 Å². The van der Waals surface area contributed by atoms with Crippen LogP contribution in [0.5, 0.6) is 0 Å². The molecular weight excluding hydrogens is 504 g/mol. The Morgan fingerprint density at radius 3 is 2.25 bits per heavy atom. The van der Waals surface area contributed by atoms with Crippen LogP contribution in [0.2, 0.25) is 0 Å². The number of anilines is 1. The molecular formula is C32H38N4O4. The van der Waals surface area contributed by atoms with Gasteiger partial charge < -0.3 is 20.3 Å². The summed E-state index contributed by atoms with van der Waals surface area (Å²) in [6.07, 6.45) is -0.166. The SMILES string of the molecule is CCC(C)C(NC(=O)OC(C)(C)C)C(=O)N(CC#N)C(C(=O)Nc1ccc2ccccc2c1)c1ccc(C)cc1. The fourth-order valence-corrected chi connectivity index (χ4v) is 4.37. The second-order valence-corrected chi connectivity index (χ2v) is 11.0. The third-order valence-electron chi connectivity index (χ3n) is 6.65. The van der Waals surface area contributed by atoms with Crippen molar-refractivity contribution in [1.82, 2.24) is 10.2 Å². The van der Waals surface area contributed by atoms with E-state index in [2.05, 4.69) is 10.6 Å². The first-order valence-electron chi connectivity index (χ1n) is 13.5. The topological polar surface area (TPSA) is 112 Å². The fourth-order valence-electron chi connectivity index (χ4n) is 4.37. The van der Waals surface area contributed by atoms with Crippen molar-refractivity contribution in [3.8, 4) is 6.07 Å². The molecule has 0 spiro atoms. The van der Waals surface area contributed by atoms with E-state index in [1.807, 2.05) is 75.4 Å². The molecule has 0 heterocycles. The molecule has 0 aliphatic heterocycles. The van der Waals surface area contributed by atoms with Gasteiger partial charge in [0.1, 0.15) is 24.2 Å². The molecule has 0 aliphatic carbocycles. The lowest BCUT2D eigenvalue weighted by Gasteiger charge is -2.34. The molecule has 3 amide bonds. The maximum Gasteiger partial charge on any atom is 0.408 e. The average molecular weight is 543 g/mol. The summed E-state index contributed by atoms with van der Waals surface area (Å²) in [7, 11) is 0. The molecule has 0 saturated heterocycles. The zero-order valence-corrected chi connectivity index (χ0v) is 24.0. The molecule has 3 atom stereocenters. The molecule has 8 nitrogen and oxygen atoms in total. The normalized spacial score (nSPS) is 13.4. The molecule has 2 N–H and O–H groups in total. The Kier molecular flexibility index (Phi) is 9.89. The number of nitrogens with zero attached hydrogens (tertiary/aromatic N) is 2. The zero-order valence-electron chi connectivity index (χ0n) is 24.0. The second-order valence-electron chi connectivity index (χ2n) is 11.0. The van der Waals surface area contributed by atoms with E-state index in [1.54, 1.807) is 39.0 Å². The zero-order chi connectivity index (χ0) is 29.4. The van der Waals surface area contributed by atoms with Crippen molar-refractivity contribution >= 4 is 34.4 Å². The lowest BCUT2D eigenvalue weighted by atomic mass is 9.95. The predicted molar refractivity (Wildman–Crippen MR) is 156 cm³/mol. The molecule has 8 heteroatoms. The molecule has 3 aromatic rings. The molecule has 3 rings (SSSR count). The van der Waals surface area contributed by atoms with E-state index < -0.39 is 35.6 Å². The summed E-state index contributed by atoms with van der Waals surface area (Å²) in [5.74, 6) is -1.30. The van der Waals surface area contributed by atoms with Crippen LogP contribution in [0.3, 0.4) is 0 Å². The molecule has 210 valence electrons. The first kappa shape index (κ1) is 30.2. The van der Waals surface area contributed by atoms with Gasteiger partial charge in [0.2, 0.25) is 5.91 Å². The first-order chi connectivity index (χ1) is 18.9. The van der Waals surface area contributed by atoms with Crippen molar-refractivity contribution in [2.24, 2.45) is 5.92 Å². The number of alkyl carbamates (subject to hydrolysis) is 1. The van der Waals surface area contributed by atoms with E-state index in [1.165, 1.54) is 4.90 Å². The Bertz CT molecular complexity index is 1390. The quantitative estimate of drug-likeness (QED) is 0.317. The van der Waals surface area contributed by atoms with Crippen molar-refractivity contribution in [2.75, 3.05) is 11.9 Å². The number of hydrogen-bond donors (Lipinski definition) is 2. The Hall–Kier alpha value is -4.38. The van der Waals surface area contributed by atoms with Crippen LogP contribution in [0.15, 0.2) is 66.7 Å². The molecule has 40 heavy (non-hydrogen) atoms. The first-order valence-corrected chi connectivity index (χ1v) is 13.5. The summed E-state index contributed by atoms with van der Waals surface area (Å²) in [5.41, 5.74) is 1.34. The van der Waals surface area contributed by atoms with Gasteiger partial charge in [0.25, 0.3) is 5.91 Å². The molecule has 3 aromatic carbocycles. The summed E-state index contributed by atoms with van der Waals surface area (Å²) in [5, 5.41) is 17.4. The largest absolute Gasteiger partial charge is 0.444 e. The van der Waals surface area contributed by atoms with Crippen LogP contribution in [-0.4, -0.2) is 41.0 Å². The highest BCUT2D eigenvalue weighted by molar-refractivity contribution is 6.00. The molecule has 0 fully saturated rings. The molecule has 0 aliphatic rings. The highest BCUT2D eigenvalue weighted by atomic mass is 16.6. The van der Waals surface area contributed by atoms with Crippen molar-refractivity contribution < 1.29 is 19.1 Å². The van der Waals surface area contributed by atoms with Gasteiger partial charge in [-0.05, 0) is 62.1 Å². The number of fused-ring (bicyclic) bond motifs is 1. The number of amides is 3. The van der Waals surface area contributed by atoms with E-state index in [4.69, 9.17) is 4.74 Å². The number of aryl methyl sites for hydroxylation is 1. The van der Waals surface area contributed by atoms with Gasteiger partial charge in [-0.3, -0.25) is 9.59 Å². The number of carbonyl (C=O) groups excluding carboxylic acids is 3. The van der Waals surface area contributed by atoms with Crippen LogP contribution >= 0.6 is 0 Å². The average Bonchev–Trinajstić information content (AvgIpc) is 2.90. The molecule has 3 unspecified atom stereocenters. The maximum absolute atomic E-state index is 14.1. The van der Waals surface area contributed by atoms with Crippen LogP contribution in [0.4, 0.5) is 10.5 Å². The number of benzene rings is 3. The summed E-state index contributed by atoms with van der Waals surface area (Å²) in [6, 6.07) is 20.5. The minimum Gasteiger partial charge on any atom is -0.444 e. The van der Waals surface area contributed by atoms with Gasteiger partial charge in [-0.15, -0.1) is 0 Å². The van der Waals surface area contributed by atoms with Crippen molar-refractivity contribution in [3.05, 3.63) is 77.9 Å². The number of nitrogens with one attached hydrogen (secondary N) is 2. The summed E-state index contributed by atoms with van der Waals surface area (Å²) in [4.78, 5) is 41.9. The summed E-state index contributed by atoms with van der Waals surface area (Å²) in [6.45, 7) is 10.5. The smallest absolute Gasteiger partial charge is 0.408 e. The van der Waals surface area contributed by atoms with Gasteiger partial charge in [0.15, 0.2) is 0 Å². The van der Waals surface area contributed by atoms with E-state index in [0.29, 0.717) is 17.7 Å². The van der Waals surface area contributed by atoms with Gasteiger partial charge in [-0.2, -0.15) is 5.26 Å². The van der Waals surface area contributed by atoms with E-state index in [0.717, 1.165) is 16.3 Å². The maximum atomic E-state index is 14.1. The molecule has 0 bridgehead atoms. The van der Waals surface area contributed by atoms with Gasteiger partial charge in [0.05, 0.1) is 6.07 Å². The molecule has 0 aromatic heterocycles. The van der Waals surface area contributed by atoms with Crippen molar-refractivity contribution in [1.29, 1.82) is 5.26 Å². The number of rotatable bonds is 9. The van der Waals surface area contributed by atoms with Gasteiger partial charge in [-0.25, -0.2) is 4.79 Å². The van der Waals surface area contributed by atoms with Crippen LogP contribution in [0.1, 0.15) is 58.2 Å². The summed E-state index contributed by atoms with van der Waals surface area (Å²) < 4.78 is 5.41. The van der Waals surface area contributed by atoms with Gasteiger partial charge >= 0.3 is 6.09 Å². The predicted octanol–water partition coefficient (Wildman–Crippen LogP) is 6.12. The number of carbonyl (C=O) groups is 3. The standard InChI is InChI=1S/C32H38N4O4/c1-7-22(3)27(35-31(39)40-32(4,5)6)30(38)36(19-18-33)28(24-14-12-21(2)13-15-24)29(37)34-26-17-16-23-10-8-9-11-25(23)20-26/h8-17,20,22,27-28H,7,19H2,1-6H3,(H,34,37)(H,35,39). The third kappa shape index (κ3) is 7.82. The minimum atomic E-state index is -1.12. The highest BCUT2D eigenvalue weighted by Gasteiger charge is 2.38. The monoisotopic (exact) mass is 542 g/mol. The Balaban J connectivity index is 2.01. The Labute approximate surface area is 236 Å².